The molecule has 0 saturated carbocycles. The van der Waals surface area contributed by atoms with E-state index in [4.69, 9.17) is 4.74 Å². The van der Waals surface area contributed by atoms with Gasteiger partial charge in [0, 0.05) is 32.7 Å². The molecule has 1 aliphatic rings. The summed E-state index contributed by atoms with van der Waals surface area (Å²) in [6.07, 6.45) is -0.400. The van der Waals surface area contributed by atoms with E-state index in [0.717, 1.165) is 26.2 Å². The summed E-state index contributed by atoms with van der Waals surface area (Å²) in [5, 5.41) is 13.5. The van der Waals surface area contributed by atoms with Crippen LogP contribution in [-0.4, -0.2) is 61.0 Å². The quantitative estimate of drug-likeness (QED) is 0.902. The Labute approximate surface area is 126 Å². The van der Waals surface area contributed by atoms with E-state index in [2.05, 4.69) is 27.3 Å². The van der Waals surface area contributed by atoms with Gasteiger partial charge in [-0.25, -0.2) is 0 Å². The molecule has 20 heavy (non-hydrogen) atoms. The van der Waals surface area contributed by atoms with Gasteiger partial charge in [0.25, 0.3) is 0 Å². The highest BCUT2D eigenvalue weighted by molar-refractivity contribution is 7.14. The Kier molecular flexibility index (Phi) is 5.43. The van der Waals surface area contributed by atoms with Crippen LogP contribution in [-0.2, 0) is 4.74 Å². The van der Waals surface area contributed by atoms with Crippen LogP contribution >= 0.6 is 11.3 Å². The first-order chi connectivity index (χ1) is 9.44. The molecule has 1 atom stereocenters. The van der Waals surface area contributed by atoms with Crippen molar-refractivity contribution in [3.8, 4) is 0 Å². The van der Waals surface area contributed by atoms with Gasteiger partial charge >= 0.3 is 0 Å². The second kappa shape index (κ2) is 6.89. The average molecular weight is 298 g/mol. The molecule has 1 aliphatic heterocycles. The Morgan fingerprint density at radius 1 is 1.30 bits per heavy atom. The van der Waals surface area contributed by atoms with Gasteiger partial charge in [0.1, 0.15) is 0 Å². The van der Waals surface area contributed by atoms with Crippen LogP contribution in [0.15, 0.2) is 17.5 Å². The van der Waals surface area contributed by atoms with E-state index >= 15 is 0 Å². The number of anilines is 1. The number of nitrogens with zero attached hydrogens (tertiary/aromatic N) is 2. The Morgan fingerprint density at radius 2 is 2.00 bits per heavy atom. The number of rotatable bonds is 5. The van der Waals surface area contributed by atoms with Gasteiger partial charge in [-0.3, -0.25) is 4.90 Å². The smallest absolute Gasteiger partial charge is 0.0909 e. The molecule has 0 bridgehead atoms. The lowest BCUT2D eigenvalue weighted by atomic mass is 10.2. The summed E-state index contributed by atoms with van der Waals surface area (Å²) < 4.78 is 5.63. The van der Waals surface area contributed by atoms with E-state index < -0.39 is 6.10 Å². The van der Waals surface area contributed by atoms with Crippen LogP contribution in [0.4, 0.5) is 5.00 Å². The third kappa shape index (κ3) is 5.05. The highest BCUT2D eigenvalue weighted by Crippen LogP contribution is 2.22. The second-order valence-electron chi connectivity index (χ2n) is 6.32. The third-order valence-electron chi connectivity index (χ3n) is 3.37. The lowest BCUT2D eigenvalue weighted by Crippen LogP contribution is -2.49. The average Bonchev–Trinajstić information content (AvgIpc) is 2.90. The number of thiophene rings is 1. The first-order valence-electron chi connectivity index (χ1n) is 7.27. The summed E-state index contributed by atoms with van der Waals surface area (Å²) in [5.74, 6) is 0. The molecule has 2 heterocycles. The zero-order valence-electron chi connectivity index (χ0n) is 12.7. The van der Waals surface area contributed by atoms with Crippen LogP contribution in [0.3, 0.4) is 0 Å². The third-order valence-corrected chi connectivity index (χ3v) is 4.30. The van der Waals surface area contributed by atoms with Gasteiger partial charge in [-0.05, 0) is 38.3 Å². The van der Waals surface area contributed by atoms with Crippen molar-refractivity contribution in [1.82, 2.24) is 4.90 Å². The predicted octanol–water partition coefficient (Wildman–Crippen LogP) is 2.05. The molecule has 4 nitrogen and oxygen atoms in total. The lowest BCUT2D eigenvalue weighted by Gasteiger charge is -2.36. The minimum Gasteiger partial charge on any atom is -0.389 e. The number of hydrogen-bond donors (Lipinski definition) is 1. The monoisotopic (exact) mass is 298 g/mol. The normalized spacial score (nSPS) is 19.3. The summed E-state index contributed by atoms with van der Waals surface area (Å²) in [7, 11) is 0. The molecule has 1 unspecified atom stereocenters. The maximum atomic E-state index is 10.0. The van der Waals surface area contributed by atoms with Crippen LogP contribution in [0.2, 0.25) is 0 Å². The summed E-state index contributed by atoms with van der Waals surface area (Å²) in [4.78, 5) is 4.74. The fraction of sp³-hybridized carbons (Fsp3) is 0.733. The Hall–Kier alpha value is -0.620. The van der Waals surface area contributed by atoms with Crippen molar-refractivity contribution in [2.45, 2.75) is 32.5 Å². The van der Waals surface area contributed by atoms with Crippen molar-refractivity contribution in [3.63, 3.8) is 0 Å². The molecule has 1 aromatic rings. The molecular weight excluding hydrogens is 272 g/mol. The molecule has 114 valence electrons. The highest BCUT2D eigenvalue weighted by Gasteiger charge is 2.21. The van der Waals surface area contributed by atoms with Crippen LogP contribution in [0.5, 0.6) is 0 Å². The molecule has 1 aromatic heterocycles. The van der Waals surface area contributed by atoms with Crippen LogP contribution < -0.4 is 4.90 Å². The maximum Gasteiger partial charge on any atom is 0.0909 e. The molecule has 2 rings (SSSR count). The van der Waals surface area contributed by atoms with Crippen molar-refractivity contribution in [2.75, 3.05) is 44.2 Å². The van der Waals surface area contributed by atoms with E-state index in [1.54, 1.807) is 11.3 Å². The van der Waals surface area contributed by atoms with Crippen molar-refractivity contribution in [3.05, 3.63) is 17.5 Å². The van der Waals surface area contributed by atoms with E-state index in [9.17, 15) is 5.11 Å². The van der Waals surface area contributed by atoms with Crippen molar-refractivity contribution < 1.29 is 9.84 Å². The summed E-state index contributed by atoms with van der Waals surface area (Å²) in [5.41, 5.74) is -0.182. The van der Waals surface area contributed by atoms with Crippen LogP contribution in [0.1, 0.15) is 20.8 Å². The van der Waals surface area contributed by atoms with E-state index in [-0.39, 0.29) is 5.60 Å². The topological polar surface area (TPSA) is 35.9 Å². The predicted molar refractivity (Wildman–Crippen MR) is 84.7 cm³/mol. The summed E-state index contributed by atoms with van der Waals surface area (Å²) in [6, 6.07) is 4.27. The van der Waals surface area contributed by atoms with Gasteiger partial charge in [-0.2, -0.15) is 0 Å². The number of aliphatic hydroxyl groups is 1. The van der Waals surface area contributed by atoms with E-state index in [1.807, 2.05) is 20.8 Å². The standard InChI is InChI=1S/C15H26N2O2S/c1-15(2,3)19-12-13(18)11-16-6-8-17(9-7-16)14-5-4-10-20-14/h4-5,10,13,18H,6-9,11-12H2,1-3H3. The number of aliphatic hydroxyl groups excluding tert-OH is 1. The molecule has 1 N–H and O–H groups in total. The van der Waals surface area contributed by atoms with Crippen molar-refractivity contribution in [2.24, 2.45) is 0 Å². The molecule has 1 saturated heterocycles. The first-order valence-corrected chi connectivity index (χ1v) is 8.15. The molecular formula is C15H26N2O2S. The lowest BCUT2D eigenvalue weighted by molar-refractivity contribution is -0.0563. The molecule has 5 heteroatoms. The van der Waals surface area contributed by atoms with Crippen molar-refractivity contribution >= 4 is 16.3 Å². The molecule has 0 spiro atoms. The van der Waals surface area contributed by atoms with E-state index in [1.165, 1.54) is 5.00 Å². The Morgan fingerprint density at radius 3 is 2.55 bits per heavy atom. The minimum atomic E-state index is -0.400. The first kappa shape index (κ1) is 15.8. The molecule has 0 radical (unpaired) electrons. The van der Waals surface area contributed by atoms with Crippen molar-refractivity contribution in [1.29, 1.82) is 0 Å². The fourth-order valence-electron chi connectivity index (χ4n) is 2.30. The van der Waals surface area contributed by atoms with Gasteiger partial charge in [0.05, 0.1) is 23.3 Å². The fourth-order valence-corrected chi connectivity index (χ4v) is 3.08. The second-order valence-corrected chi connectivity index (χ2v) is 7.24. The van der Waals surface area contributed by atoms with Gasteiger partial charge in [-0.15, -0.1) is 11.3 Å². The SMILES string of the molecule is CC(C)(C)OCC(O)CN1CCN(c2cccs2)CC1. The summed E-state index contributed by atoms with van der Waals surface area (Å²) >= 11 is 1.79. The molecule has 0 aliphatic carbocycles. The number of β-amino-alcohol motifs (C(OH)–C–C–N with tert-alkyl or cyclic N) is 1. The number of piperazine rings is 1. The highest BCUT2D eigenvalue weighted by atomic mass is 32.1. The Balaban J connectivity index is 1.69. The van der Waals surface area contributed by atoms with Gasteiger partial charge in [0.2, 0.25) is 0 Å². The van der Waals surface area contributed by atoms with Gasteiger partial charge in [-0.1, -0.05) is 0 Å². The maximum absolute atomic E-state index is 10.0. The van der Waals surface area contributed by atoms with Crippen LogP contribution in [0, 0.1) is 0 Å². The van der Waals surface area contributed by atoms with Gasteiger partial charge < -0.3 is 14.7 Å². The van der Waals surface area contributed by atoms with E-state index in [0.29, 0.717) is 13.2 Å². The number of hydrogen-bond acceptors (Lipinski definition) is 5. The Bertz CT molecular complexity index is 381. The van der Waals surface area contributed by atoms with Gasteiger partial charge in [0.15, 0.2) is 0 Å². The molecule has 1 fully saturated rings. The zero-order valence-corrected chi connectivity index (χ0v) is 13.5. The summed E-state index contributed by atoms with van der Waals surface area (Å²) in [6.45, 7) is 11.2. The van der Waals surface area contributed by atoms with Crippen LogP contribution in [0.25, 0.3) is 0 Å². The molecule has 0 aromatic carbocycles. The zero-order chi connectivity index (χ0) is 14.6. The largest absolute Gasteiger partial charge is 0.389 e. The number of ether oxygens (including phenoxy) is 1. The molecule has 0 amide bonds. The minimum absolute atomic E-state index is 0.182.